The maximum Gasteiger partial charge on any atom is 0.281 e. The molecule has 1 aromatic carbocycles. The molecule has 0 saturated heterocycles. The minimum atomic E-state index is -3.90. The van der Waals surface area contributed by atoms with Gasteiger partial charge in [-0.2, -0.15) is 8.42 Å². The first-order valence-corrected chi connectivity index (χ1v) is 6.94. The lowest BCUT2D eigenvalue weighted by Gasteiger charge is -2.07. The molecule has 0 bridgehead atoms. The van der Waals surface area contributed by atoms with E-state index in [1.807, 2.05) is 6.92 Å². The van der Waals surface area contributed by atoms with E-state index in [2.05, 4.69) is 9.71 Å². The Labute approximate surface area is 109 Å². The van der Waals surface area contributed by atoms with Gasteiger partial charge in [0.15, 0.2) is 5.03 Å². The van der Waals surface area contributed by atoms with Crippen molar-refractivity contribution < 1.29 is 17.9 Å². The lowest BCUT2D eigenvalue weighted by Crippen LogP contribution is -2.13. The van der Waals surface area contributed by atoms with Crippen molar-refractivity contribution in [2.45, 2.75) is 18.5 Å². The number of phenolic OH excluding ortho intramolecular Hbond substituents is 1. The normalized spacial score (nSPS) is 11.5. The highest BCUT2D eigenvalue weighted by Gasteiger charge is 2.19. The van der Waals surface area contributed by atoms with Crippen LogP contribution >= 0.6 is 0 Å². The summed E-state index contributed by atoms with van der Waals surface area (Å²) < 4.78 is 40.5. The number of halogens is 1. The van der Waals surface area contributed by atoms with Crippen molar-refractivity contribution in [3.05, 3.63) is 36.5 Å². The predicted molar refractivity (Wildman–Crippen MR) is 66.8 cm³/mol. The predicted octanol–water partition coefficient (Wildman–Crippen LogP) is 1.55. The molecule has 0 unspecified atom stereocenters. The Kier molecular flexibility index (Phi) is 3.43. The quantitative estimate of drug-likeness (QED) is 0.835. The molecular weight excluding hydrogens is 273 g/mol. The van der Waals surface area contributed by atoms with E-state index in [1.165, 1.54) is 12.5 Å². The first-order chi connectivity index (χ1) is 8.92. The second-order valence-electron chi connectivity index (χ2n) is 3.81. The number of nitrogens with one attached hydrogen (secondary N) is 1. The molecule has 1 aromatic heterocycles. The Bertz CT molecular complexity index is 697. The van der Waals surface area contributed by atoms with Crippen molar-refractivity contribution in [2.75, 3.05) is 4.72 Å². The van der Waals surface area contributed by atoms with Gasteiger partial charge in [-0.3, -0.25) is 4.72 Å². The summed E-state index contributed by atoms with van der Waals surface area (Å²) in [5.41, 5.74) is -0.104. The second-order valence-corrected chi connectivity index (χ2v) is 5.44. The monoisotopic (exact) mass is 285 g/mol. The molecule has 19 heavy (non-hydrogen) atoms. The summed E-state index contributed by atoms with van der Waals surface area (Å²) in [7, 11) is -3.90. The minimum Gasteiger partial charge on any atom is -0.506 e. The first-order valence-electron chi connectivity index (χ1n) is 5.45. The smallest absolute Gasteiger partial charge is 0.281 e. The fourth-order valence-corrected chi connectivity index (χ4v) is 2.47. The molecule has 102 valence electrons. The van der Waals surface area contributed by atoms with Gasteiger partial charge < -0.3 is 9.67 Å². The highest BCUT2D eigenvalue weighted by atomic mass is 32.2. The van der Waals surface area contributed by atoms with Crippen molar-refractivity contribution in [3.8, 4) is 5.75 Å². The molecule has 0 fully saturated rings. The fraction of sp³-hybridized carbons (Fsp3) is 0.182. The number of benzene rings is 1. The van der Waals surface area contributed by atoms with Crippen LogP contribution in [0.1, 0.15) is 6.92 Å². The Morgan fingerprint density at radius 1 is 1.47 bits per heavy atom. The van der Waals surface area contributed by atoms with Gasteiger partial charge in [0.25, 0.3) is 10.0 Å². The van der Waals surface area contributed by atoms with Crippen molar-refractivity contribution in [3.63, 3.8) is 0 Å². The standard InChI is InChI=1S/C11H12FN3O3S/c1-2-15-6-11(13-7-15)19(17,18)14-9-4-3-8(12)5-10(9)16/h3-7,14,16H,2H2,1H3. The molecule has 8 heteroatoms. The van der Waals surface area contributed by atoms with Crippen LogP contribution in [0.25, 0.3) is 0 Å². The van der Waals surface area contributed by atoms with Gasteiger partial charge in [-0.05, 0) is 19.1 Å². The second kappa shape index (κ2) is 4.88. The van der Waals surface area contributed by atoms with Gasteiger partial charge in [0.1, 0.15) is 11.6 Å². The van der Waals surface area contributed by atoms with Crippen LogP contribution in [0.5, 0.6) is 5.75 Å². The van der Waals surface area contributed by atoms with Crippen LogP contribution in [-0.2, 0) is 16.6 Å². The summed E-state index contributed by atoms with van der Waals surface area (Å²) in [4.78, 5) is 3.76. The summed E-state index contributed by atoms with van der Waals surface area (Å²) in [5.74, 6) is -1.14. The average Bonchev–Trinajstić information content (AvgIpc) is 2.82. The van der Waals surface area contributed by atoms with Crippen LogP contribution < -0.4 is 4.72 Å². The van der Waals surface area contributed by atoms with E-state index in [0.29, 0.717) is 6.54 Å². The van der Waals surface area contributed by atoms with Crippen molar-refractivity contribution >= 4 is 15.7 Å². The Hall–Kier alpha value is -2.09. The molecule has 0 saturated carbocycles. The van der Waals surface area contributed by atoms with Crippen LogP contribution in [0.3, 0.4) is 0 Å². The van der Waals surface area contributed by atoms with E-state index < -0.39 is 21.6 Å². The molecule has 0 radical (unpaired) electrons. The zero-order valence-corrected chi connectivity index (χ0v) is 10.9. The summed E-state index contributed by atoms with van der Waals surface area (Å²) in [5, 5.41) is 9.29. The highest BCUT2D eigenvalue weighted by Crippen LogP contribution is 2.25. The van der Waals surface area contributed by atoms with E-state index in [1.54, 1.807) is 4.57 Å². The van der Waals surface area contributed by atoms with E-state index in [0.717, 1.165) is 18.2 Å². The molecule has 2 rings (SSSR count). The van der Waals surface area contributed by atoms with Gasteiger partial charge in [0.05, 0.1) is 12.0 Å². The van der Waals surface area contributed by atoms with Crippen molar-refractivity contribution in [1.29, 1.82) is 0 Å². The third-order valence-corrected chi connectivity index (χ3v) is 3.70. The molecule has 0 aliphatic carbocycles. The topological polar surface area (TPSA) is 84.2 Å². The number of rotatable bonds is 4. The SMILES string of the molecule is CCn1cnc(S(=O)(=O)Nc2ccc(F)cc2O)c1. The molecule has 2 aromatic rings. The summed E-state index contributed by atoms with van der Waals surface area (Å²) in [6.45, 7) is 2.43. The van der Waals surface area contributed by atoms with Crippen molar-refractivity contribution in [2.24, 2.45) is 0 Å². The van der Waals surface area contributed by atoms with E-state index in [-0.39, 0.29) is 10.7 Å². The van der Waals surface area contributed by atoms with Crippen LogP contribution in [-0.4, -0.2) is 23.1 Å². The van der Waals surface area contributed by atoms with Crippen LogP contribution in [0.15, 0.2) is 35.7 Å². The Morgan fingerprint density at radius 3 is 2.79 bits per heavy atom. The lowest BCUT2D eigenvalue weighted by atomic mass is 10.3. The van der Waals surface area contributed by atoms with Gasteiger partial charge in [-0.1, -0.05) is 0 Å². The molecule has 0 amide bonds. The van der Waals surface area contributed by atoms with Gasteiger partial charge in [0.2, 0.25) is 0 Å². The number of imidazole rings is 1. The zero-order valence-electron chi connectivity index (χ0n) is 10.0. The summed E-state index contributed by atoms with van der Waals surface area (Å²) in [6, 6.07) is 3.00. The number of hydrogen-bond donors (Lipinski definition) is 2. The van der Waals surface area contributed by atoms with Crippen LogP contribution in [0, 0.1) is 5.82 Å². The van der Waals surface area contributed by atoms with Crippen LogP contribution in [0.4, 0.5) is 10.1 Å². The number of nitrogens with zero attached hydrogens (tertiary/aromatic N) is 2. The largest absolute Gasteiger partial charge is 0.506 e. The van der Waals surface area contributed by atoms with E-state index in [4.69, 9.17) is 0 Å². The van der Waals surface area contributed by atoms with E-state index >= 15 is 0 Å². The Balaban J connectivity index is 2.30. The number of aromatic nitrogens is 2. The molecule has 6 nitrogen and oxygen atoms in total. The first kappa shape index (κ1) is 13.3. The number of anilines is 1. The average molecular weight is 285 g/mol. The lowest BCUT2D eigenvalue weighted by molar-refractivity contribution is 0.471. The number of phenols is 1. The third kappa shape index (κ3) is 2.84. The number of hydrogen-bond acceptors (Lipinski definition) is 4. The zero-order chi connectivity index (χ0) is 14.0. The minimum absolute atomic E-state index is 0.104. The maximum atomic E-state index is 12.8. The molecule has 2 N–H and O–H groups in total. The number of aryl methyl sites for hydroxylation is 1. The molecule has 0 spiro atoms. The molecule has 0 atom stereocenters. The third-order valence-electron chi connectivity index (χ3n) is 2.45. The van der Waals surface area contributed by atoms with Crippen LogP contribution in [0.2, 0.25) is 0 Å². The van der Waals surface area contributed by atoms with Gasteiger partial charge >= 0.3 is 0 Å². The number of aromatic hydroxyl groups is 1. The molecule has 0 aliphatic heterocycles. The molecule has 1 heterocycles. The van der Waals surface area contributed by atoms with Gasteiger partial charge in [0, 0.05) is 18.8 Å². The Morgan fingerprint density at radius 2 is 2.21 bits per heavy atom. The van der Waals surface area contributed by atoms with E-state index in [9.17, 15) is 17.9 Å². The van der Waals surface area contributed by atoms with Crippen molar-refractivity contribution in [1.82, 2.24) is 9.55 Å². The maximum absolute atomic E-state index is 12.8. The molecular formula is C11H12FN3O3S. The summed E-state index contributed by atoms with van der Waals surface area (Å²) in [6.07, 6.45) is 2.75. The van der Waals surface area contributed by atoms with Gasteiger partial charge in [-0.15, -0.1) is 0 Å². The number of sulfonamides is 1. The molecule has 0 aliphatic rings. The highest BCUT2D eigenvalue weighted by molar-refractivity contribution is 7.92. The van der Waals surface area contributed by atoms with Gasteiger partial charge in [-0.25, -0.2) is 9.37 Å². The summed E-state index contributed by atoms with van der Waals surface area (Å²) >= 11 is 0. The fourth-order valence-electron chi connectivity index (χ4n) is 1.44.